The number of hydrogen-bond donors (Lipinski definition) is 2. The topological polar surface area (TPSA) is 64.1 Å². The number of methoxy groups -OCH3 is 3. The fraction of sp³-hybridized carbons (Fsp3) is 0.350. The van der Waals surface area contributed by atoms with Crippen molar-refractivity contribution in [3.8, 4) is 17.2 Å². The van der Waals surface area contributed by atoms with Gasteiger partial charge in [-0.2, -0.15) is 0 Å². The van der Waals surface area contributed by atoms with Gasteiger partial charge in [0, 0.05) is 26.2 Å². The number of guanidine groups is 1. The maximum Gasteiger partial charge on any atom is 0.203 e. The van der Waals surface area contributed by atoms with Crippen molar-refractivity contribution in [2.75, 3.05) is 34.9 Å². The van der Waals surface area contributed by atoms with Crippen molar-refractivity contribution in [3.05, 3.63) is 53.1 Å². The maximum atomic E-state index is 13.2. The van der Waals surface area contributed by atoms with E-state index in [4.69, 9.17) is 14.2 Å². The Kier molecular flexibility index (Phi) is 7.86. The van der Waals surface area contributed by atoms with E-state index < -0.39 is 11.6 Å². The molecule has 152 valence electrons. The van der Waals surface area contributed by atoms with Gasteiger partial charge >= 0.3 is 0 Å². The minimum atomic E-state index is -0.583. The Labute approximate surface area is 163 Å². The van der Waals surface area contributed by atoms with Gasteiger partial charge in [0.2, 0.25) is 5.75 Å². The largest absolute Gasteiger partial charge is 0.493 e. The molecular weight excluding hydrogens is 368 g/mol. The number of nitrogens with one attached hydrogen (secondary N) is 2. The molecule has 0 saturated carbocycles. The molecule has 0 amide bonds. The Morgan fingerprint density at radius 1 is 0.857 bits per heavy atom. The molecular formula is C20H25F2N3O3. The zero-order chi connectivity index (χ0) is 20.5. The average Bonchev–Trinajstić information content (AvgIpc) is 2.68. The summed E-state index contributed by atoms with van der Waals surface area (Å²) >= 11 is 0. The molecule has 0 fully saturated rings. The van der Waals surface area contributed by atoms with Crippen molar-refractivity contribution in [2.24, 2.45) is 4.99 Å². The van der Waals surface area contributed by atoms with Crippen LogP contribution in [-0.2, 0) is 13.0 Å². The Balaban J connectivity index is 1.95. The monoisotopic (exact) mass is 393 g/mol. The molecule has 0 aliphatic carbocycles. The van der Waals surface area contributed by atoms with Crippen LogP contribution in [0.5, 0.6) is 17.2 Å². The van der Waals surface area contributed by atoms with Gasteiger partial charge in [0.25, 0.3) is 0 Å². The smallest absolute Gasteiger partial charge is 0.203 e. The Bertz CT molecular complexity index is 783. The second kappa shape index (κ2) is 10.3. The average molecular weight is 393 g/mol. The summed E-state index contributed by atoms with van der Waals surface area (Å²) in [6, 6.07) is 7.18. The predicted octanol–water partition coefficient (Wildman–Crippen LogP) is 2.90. The fourth-order valence-electron chi connectivity index (χ4n) is 2.72. The standard InChI is InChI=1S/C20H25F2N3O3/c1-23-20(24-6-5-13-7-15(21)11-16(22)8-13)25-12-14-9-17(26-2)19(28-4)18(10-14)27-3/h7-11H,5-6,12H2,1-4H3,(H2,23,24,25). The minimum Gasteiger partial charge on any atom is -0.493 e. The quantitative estimate of drug-likeness (QED) is 0.533. The third kappa shape index (κ3) is 5.73. The van der Waals surface area contributed by atoms with Gasteiger partial charge in [0.1, 0.15) is 11.6 Å². The predicted molar refractivity (Wildman–Crippen MR) is 104 cm³/mol. The molecule has 0 saturated heterocycles. The molecule has 0 spiro atoms. The van der Waals surface area contributed by atoms with E-state index in [0.717, 1.165) is 11.6 Å². The second-order valence-corrected chi connectivity index (χ2v) is 5.91. The first-order valence-electron chi connectivity index (χ1n) is 8.69. The summed E-state index contributed by atoms with van der Waals surface area (Å²) in [5.74, 6) is 1.05. The third-order valence-corrected chi connectivity index (χ3v) is 4.04. The van der Waals surface area contributed by atoms with Gasteiger partial charge in [0.05, 0.1) is 21.3 Å². The molecule has 28 heavy (non-hydrogen) atoms. The summed E-state index contributed by atoms with van der Waals surface area (Å²) in [5, 5.41) is 6.29. The molecule has 0 radical (unpaired) electrons. The van der Waals surface area contributed by atoms with Gasteiger partial charge in [-0.3, -0.25) is 4.99 Å². The molecule has 0 aliphatic heterocycles. The molecule has 2 N–H and O–H groups in total. The number of rotatable bonds is 8. The molecule has 0 aromatic heterocycles. The highest BCUT2D eigenvalue weighted by Crippen LogP contribution is 2.38. The number of hydrogen-bond acceptors (Lipinski definition) is 4. The van der Waals surface area contributed by atoms with E-state index in [9.17, 15) is 8.78 Å². The fourth-order valence-corrected chi connectivity index (χ4v) is 2.72. The first-order chi connectivity index (χ1) is 13.5. The van der Waals surface area contributed by atoms with Gasteiger partial charge in [-0.1, -0.05) is 0 Å². The lowest BCUT2D eigenvalue weighted by molar-refractivity contribution is 0.323. The van der Waals surface area contributed by atoms with Gasteiger partial charge in [-0.25, -0.2) is 8.78 Å². The van der Waals surface area contributed by atoms with Crippen LogP contribution in [-0.4, -0.2) is 40.9 Å². The maximum absolute atomic E-state index is 13.2. The molecule has 0 heterocycles. The zero-order valence-corrected chi connectivity index (χ0v) is 16.4. The van der Waals surface area contributed by atoms with Crippen LogP contribution in [0.3, 0.4) is 0 Å². The zero-order valence-electron chi connectivity index (χ0n) is 16.4. The van der Waals surface area contributed by atoms with E-state index in [-0.39, 0.29) is 0 Å². The summed E-state index contributed by atoms with van der Waals surface area (Å²) in [4.78, 5) is 4.15. The molecule has 0 atom stereocenters. The summed E-state index contributed by atoms with van der Waals surface area (Å²) in [6.07, 6.45) is 0.458. The number of aliphatic imine (C=N–C) groups is 1. The van der Waals surface area contributed by atoms with Crippen LogP contribution in [0.1, 0.15) is 11.1 Å². The van der Waals surface area contributed by atoms with Gasteiger partial charge in [0.15, 0.2) is 17.5 Å². The molecule has 0 aliphatic rings. The van der Waals surface area contributed by atoms with Crippen LogP contribution in [0.15, 0.2) is 35.3 Å². The van der Waals surface area contributed by atoms with E-state index in [1.807, 2.05) is 12.1 Å². The van der Waals surface area contributed by atoms with Gasteiger partial charge in [-0.15, -0.1) is 0 Å². The number of ether oxygens (including phenoxy) is 3. The molecule has 2 aromatic rings. The summed E-state index contributed by atoms with van der Waals surface area (Å²) in [7, 11) is 6.31. The third-order valence-electron chi connectivity index (χ3n) is 4.04. The molecule has 0 unspecified atom stereocenters. The van der Waals surface area contributed by atoms with Crippen LogP contribution >= 0.6 is 0 Å². The van der Waals surface area contributed by atoms with Crippen molar-refractivity contribution in [1.82, 2.24) is 10.6 Å². The molecule has 8 heteroatoms. The van der Waals surface area contributed by atoms with E-state index in [1.54, 1.807) is 28.4 Å². The minimum absolute atomic E-state index is 0.458. The van der Waals surface area contributed by atoms with Crippen molar-refractivity contribution in [3.63, 3.8) is 0 Å². The SMILES string of the molecule is CN=C(NCCc1cc(F)cc(F)c1)NCc1cc(OC)c(OC)c(OC)c1. The van der Waals surface area contributed by atoms with Crippen LogP contribution in [0.2, 0.25) is 0 Å². The van der Waals surface area contributed by atoms with Crippen LogP contribution in [0, 0.1) is 11.6 Å². The van der Waals surface area contributed by atoms with Crippen molar-refractivity contribution < 1.29 is 23.0 Å². The molecule has 2 rings (SSSR count). The van der Waals surface area contributed by atoms with E-state index in [2.05, 4.69) is 15.6 Å². The van der Waals surface area contributed by atoms with Crippen LogP contribution in [0.25, 0.3) is 0 Å². The lowest BCUT2D eigenvalue weighted by atomic mass is 10.1. The summed E-state index contributed by atoms with van der Waals surface area (Å²) in [6.45, 7) is 0.933. The Hall–Kier alpha value is -3.03. The molecule has 6 nitrogen and oxygen atoms in total. The molecule has 2 aromatic carbocycles. The highest BCUT2D eigenvalue weighted by Gasteiger charge is 2.13. The first-order valence-corrected chi connectivity index (χ1v) is 8.69. The normalized spacial score (nSPS) is 11.1. The first kappa shape index (κ1) is 21.3. The lowest BCUT2D eigenvalue weighted by Crippen LogP contribution is -2.37. The van der Waals surface area contributed by atoms with Crippen molar-refractivity contribution >= 4 is 5.96 Å². The van der Waals surface area contributed by atoms with Crippen LogP contribution < -0.4 is 24.8 Å². The van der Waals surface area contributed by atoms with E-state index in [1.165, 1.54) is 12.1 Å². The van der Waals surface area contributed by atoms with Crippen molar-refractivity contribution in [2.45, 2.75) is 13.0 Å². The second-order valence-electron chi connectivity index (χ2n) is 5.91. The Morgan fingerprint density at radius 3 is 1.96 bits per heavy atom. The summed E-state index contributed by atoms with van der Waals surface area (Å²) < 4.78 is 42.5. The number of benzene rings is 2. The van der Waals surface area contributed by atoms with Crippen molar-refractivity contribution in [1.29, 1.82) is 0 Å². The van der Waals surface area contributed by atoms with E-state index >= 15 is 0 Å². The highest BCUT2D eigenvalue weighted by molar-refractivity contribution is 5.79. The molecule has 0 bridgehead atoms. The lowest BCUT2D eigenvalue weighted by Gasteiger charge is -2.16. The number of halogens is 2. The highest BCUT2D eigenvalue weighted by atomic mass is 19.1. The Morgan fingerprint density at radius 2 is 1.46 bits per heavy atom. The van der Waals surface area contributed by atoms with E-state index in [0.29, 0.717) is 48.3 Å². The van der Waals surface area contributed by atoms with Crippen LogP contribution in [0.4, 0.5) is 8.78 Å². The number of nitrogens with zero attached hydrogens (tertiary/aromatic N) is 1. The van der Waals surface area contributed by atoms with Gasteiger partial charge in [-0.05, 0) is 41.8 Å². The van der Waals surface area contributed by atoms with Gasteiger partial charge < -0.3 is 24.8 Å². The summed E-state index contributed by atoms with van der Waals surface area (Å²) in [5.41, 5.74) is 1.48.